The second kappa shape index (κ2) is 8.44. The molecule has 0 aliphatic rings. The summed E-state index contributed by atoms with van der Waals surface area (Å²) in [6.07, 6.45) is 0. The molecule has 0 amide bonds. The van der Waals surface area contributed by atoms with Crippen LogP contribution in [0.2, 0.25) is 0 Å². The summed E-state index contributed by atoms with van der Waals surface area (Å²) in [5.41, 5.74) is 2.80. The smallest absolute Gasteiger partial charge is 0.337 e. The van der Waals surface area contributed by atoms with Crippen LogP contribution in [0.25, 0.3) is 0 Å². The molecule has 0 unspecified atom stereocenters. The Labute approximate surface area is 154 Å². The van der Waals surface area contributed by atoms with Crippen LogP contribution in [0.1, 0.15) is 27.0 Å². The molecule has 1 N–H and O–H groups in total. The number of methoxy groups -OCH3 is 1. The lowest BCUT2D eigenvalue weighted by Gasteiger charge is -2.15. The van der Waals surface area contributed by atoms with Gasteiger partial charge in [0.15, 0.2) is 0 Å². The van der Waals surface area contributed by atoms with Gasteiger partial charge in [-0.25, -0.2) is 17.9 Å². The van der Waals surface area contributed by atoms with E-state index in [9.17, 15) is 13.2 Å². The van der Waals surface area contributed by atoms with Crippen molar-refractivity contribution in [1.82, 2.24) is 9.62 Å². The highest BCUT2D eigenvalue weighted by Crippen LogP contribution is 2.18. The van der Waals surface area contributed by atoms with Crippen LogP contribution in [-0.4, -0.2) is 40.5 Å². The van der Waals surface area contributed by atoms with Crippen LogP contribution in [0.3, 0.4) is 0 Å². The first kappa shape index (κ1) is 20.1. The molecule has 0 fully saturated rings. The maximum absolute atomic E-state index is 12.7. The van der Waals surface area contributed by atoms with E-state index in [1.807, 2.05) is 43.3 Å². The predicted octanol–water partition coefficient (Wildman–Crippen LogP) is 2.32. The Bertz CT molecular complexity index is 892. The van der Waals surface area contributed by atoms with E-state index in [0.29, 0.717) is 11.1 Å². The van der Waals surface area contributed by atoms with Gasteiger partial charge in [0.1, 0.15) is 0 Å². The van der Waals surface area contributed by atoms with Gasteiger partial charge in [0.05, 0.1) is 17.6 Å². The van der Waals surface area contributed by atoms with Crippen molar-refractivity contribution in [3.63, 3.8) is 0 Å². The second-order valence-electron chi connectivity index (χ2n) is 6.30. The van der Waals surface area contributed by atoms with Gasteiger partial charge in [-0.05, 0) is 55.9 Å². The van der Waals surface area contributed by atoms with Crippen LogP contribution in [0.15, 0.2) is 47.4 Å². The molecule has 2 aromatic rings. The third kappa shape index (κ3) is 4.91. The van der Waals surface area contributed by atoms with E-state index in [-0.39, 0.29) is 11.4 Å². The van der Waals surface area contributed by atoms with Crippen LogP contribution in [0.5, 0.6) is 0 Å². The summed E-state index contributed by atoms with van der Waals surface area (Å²) in [6, 6.07) is 12.1. The first-order chi connectivity index (χ1) is 12.2. The lowest BCUT2D eigenvalue weighted by atomic mass is 10.1. The van der Waals surface area contributed by atoms with Crippen molar-refractivity contribution >= 4 is 16.0 Å². The van der Waals surface area contributed by atoms with Crippen molar-refractivity contribution < 1.29 is 17.9 Å². The molecule has 0 aliphatic carbocycles. The number of rotatable bonds is 7. The first-order valence-electron chi connectivity index (χ1n) is 8.14. The van der Waals surface area contributed by atoms with E-state index in [1.54, 1.807) is 6.92 Å². The normalized spacial score (nSPS) is 11.6. The summed E-state index contributed by atoms with van der Waals surface area (Å²) < 4.78 is 32.7. The topological polar surface area (TPSA) is 75.7 Å². The van der Waals surface area contributed by atoms with Crippen molar-refractivity contribution in [3.8, 4) is 0 Å². The number of sulfonamides is 1. The predicted molar refractivity (Wildman–Crippen MR) is 100 cm³/mol. The van der Waals surface area contributed by atoms with E-state index >= 15 is 0 Å². The maximum atomic E-state index is 12.7. The zero-order valence-electron chi connectivity index (χ0n) is 15.4. The summed E-state index contributed by atoms with van der Waals surface area (Å²) in [5, 5.41) is 0. The van der Waals surface area contributed by atoms with Crippen LogP contribution in [0, 0.1) is 6.92 Å². The minimum absolute atomic E-state index is 0.148. The molecule has 2 aromatic carbocycles. The molecular formula is C19H24N2O4S. The van der Waals surface area contributed by atoms with Gasteiger partial charge >= 0.3 is 5.97 Å². The number of carbonyl (C=O) groups excluding carboxylic acids is 1. The standard InChI is InChI=1S/C19H24N2O4S/c1-14-11-15(19(22)25-4)9-10-18(14)26(23,24)20-12-16-7-5-6-8-17(16)13-21(2)3/h5-11,20H,12-13H2,1-4H3. The number of carbonyl (C=O) groups is 1. The highest BCUT2D eigenvalue weighted by molar-refractivity contribution is 7.89. The zero-order valence-corrected chi connectivity index (χ0v) is 16.3. The van der Waals surface area contributed by atoms with Gasteiger partial charge in [0, 0.05) is 13.1 Å². The molecule has 0 aliphatic heterocycles. The fraction of sp³-hybridized carbons (Fsp3) is 0.316. The Kier molecular flexibility index (Phi) is 6.52. The first-order valence-corrected chi connectivity index (χ1v) is 9.63. The Morgan fingerprint density at radius 1 is 1.12 bits per heavy atom. The fourth-order valence-electron chi connectivity index (χ4n) is 2.67. The molecule has 0 atom stereocenters. The second-order valence-corrected chi connectivity index (χ2v) is 8.04. The number of nitrogens with one attached hydrogen (secondary N) is 1. The Morgan fingerprint density at radius 3 is 2.35 bits per heavy atom. The number of hydrogen-bond donors (Lipinski definition) is 1. The van der Waals surface area contributed by atoms with Crippen molar-refractivity contribution in [2.75, 3.05) is 21.2 Å². The van der Waals surface area contributed by atoms with Gasteiger partial charge in [0.25, 0.3) is 0 Å². The summed E-state index contributed by atoms with van der Waals surface area (Å²) in [6.45, 7) is 2.58. The lowest BCUT2D eigenvalue weighted by Crippen LogP contribution is -2.25. The summed E-state index contributed by atoms with van der Waals surface area (Å²) >= 11 is 0. The number of hydrogen-bond acceptors (Lipinski definition) is 5. The minimum atomic E-state index is -3.70. The number of benzene rings is 2. The number of esters is 1. The average Bonchev–Trinajstić information content (AvgIpc) is 2.59. The SMILES string of the molecule is COC(=O)c1ccc(S(=O)(=O)NCc2ccccc2CN(C)C)c(C)c1. The molecule has 0 spiro atoms. The molecule has 0 aromatic heterocycles. The molecule has 0 saturated carbocycles. The van der Waals surface area contributed by atoms with Gasteiger partial charge in [-0.3, -0.25) is 0 Å². The van der Waals surface area contributed by atoms with Crippen LogP contribution >= 0.6 is 0 Å². The molecule has 26 heavy (non-hydrogen) atoms. The highest BCUT2D eigenvalue weighted by Gasteiger charge is 2.19. The Balaban J connectivity index is 2.21. The van der Waals surface area contributed by atoms with Crippen molar-refractivity contribution in [2.45, 2.75) is 24.9 Å². The molecule has 0 radical (unpaired) electrons. The van der Waals surface area contributed by atoms with Crippen LogP contribution < -0.4 is 4.72 Å². The van der Waals surface area contributed by atoms with Crippen molar-refractivity contribution in [3.05, 3.63) is 64.7 Å². The van der Waals surface area contributed by atoms with E-state index in [4.69, 9.17) is 0 Å². The Morgan fingerprint density at radius 2 is 1.77 bits per heavy atom. The zero-order chi connectivity index (χ0) is 19.3. The molecule has 2 rings (SSSR count). The van der Waals surface area contributed by atoms with Gasteiger partial charge in [-0.2, -0.15) is 0 Å². The average molecular weight is 376 g/mol. The van der Waals surface area contributed by atoms with Crippen LogP contribution in [-0.2, 0) is 27.8 Å². The third-order valence-electron chi connectivity index (χ3n) is 3.94. The summed E-state index contributed by atoms with van der Waals surface area (Å²) in [4.78, 5) is 13.8. The third-order valence-corrected chi connectivity index (χ3v) is 5.50. The van der Waals surface area contributed by atoms with Crippen LogP contribution in [0.4, 0.5) is 0 Å². The van der Waals surface area contributed by atoms with Crippen molar-refractivity contribution in [2.24, 2.45) is 0 Å². The number of ether oxygens (including phenoxy) is 1. The molecular weight excluding hydrogens is 352 g/mol. The summed E-state index contributed by atoms with van der Waals surface area (Å²) in [5.74, 6) is -0.498. The summed E-state index contributed by atoms with van der Waals surface area (Å²) in [7, 11) is 1.52. The number of aryl methyl sites for hydroxylation is 1. The monoisotopic (exact) mass is 376 g/mol. The maximum Gasteiger partial charge on any atom is 0.337 e. The molecule has 0 bridgehead atoms. The van der Waals surface area contributed by atoms with Gasteiger partial charge < -0.3 is 9.64 Å². The largest absolute Gasteiger partial charge is 0.465 e. The van der Waals surface area contributed by atoms with E-state index in [0.717, 1.165) is 17.7 Å². The molecule has 140 valence electrons. The molecule has 6 nitrogen and oxygen atoms in total. The number of nitrogens with zero attached hydrogens (tertiary/aromatic N) is 1. The fourth-order valence-corrected chi connectivity index (χ4v) is 3.90. The molecule has 0 saturated heterocycles. The Hall–Kier alpha value is -2.22. The van der Waals surface area contributed by atoms with E-state index in [1.165, 1.54) is 25.3 Å². The van der Waals surface area contributed by atoms with Crippen molar-refractivity contribution in [1.29, 1.82) is 0 Å². The van der Waals surface area contributed by atoms with E-state index < -0.39 is 16.0 Å². The quantitative estimate of drug-likeness (QED) is 0.751. The highest BCUT2D eigenvalue weighted by atomic mass is 32.2. The van der Waals surface area contributed by atoms with Gasteiger partial charge in [-0.1, -0.05) is 24.3 Å². The lowest BCUT2D eigenvalue weighted by molar-refractivity contribution is 0.0600. The van der Waals surface area contributed by atoms with Gasteiger partial charge in [-0.15, -0.1) is 0 Å². The minimum Gasteiger partial charge on any atom is -0.465 e. The molecule has 0 heterocycles. The van der Waals surface area contributed by atoms with Gasteiger partial charge in [0.2, 0.25) is 10.0 Å². The molecule has 7 heteroatoms. The van der Waals surface area contributed by atoms with E-state index in [2.05, 4.69) is 9.46 Å².